The Morgan fingerprint density at radius 2 is 1.70 bits per heavy atom. The summed E-state index contributed by atoms with van der Waals surface area (Å²) in [5.41, 5.74) is 1.10. The first-order chi connectivity index (χ1) is 9.58. The molecule has 0 atom stereocenters. The maximum atomic E-state index is 5.86. The van der Waals surface area contributed by atoms with Crippen LogP contribution < -0.4 is 15.5 Å². The Hall–Kier alpha value is -2.08. The molecule has 1 aromatic heterocycles. The van der Waals surface area contributed by atoms with Gasteiger partial charge in [-0.2, -0.15) is 15.0 Å². The van der Waals surface area contributed by atoms with E-state index in [4.69, 9.17) is 11.6 Å². The standard InChI is InChI=1S/C13H17ClN6/c1-15-11-17-12(19-13(18-11)20(2)3)16-8-9-4-6-10(14)7-5-9/h4-7H,8H2,1-3H3,(H2,15,16,17,18,19). The first-order valence-corrected chi connectivity index (χ1v) is 6.56. The third-order valence-corrected chi connectivity index (χ3v) is 2.86. The topological polar surface area (TPSA) is 66.0 Å². The van der Waals surface area contributed by atoms with Crippen molar-refractivity contribution in [2.24, 2.45) is 0 Å². The molecule has 0 aliphatic rings. The SMILES string of the molecule is CNc1nc(NCc2ccc(Cl)cc2)nc(N(C)C)n1. The number of benzene rings is 1. The summed E-state index contributed by atoms with van der Waals surface area (Å²) in [6, 6.07) is 7.64. The van der Waals surface area contributed by atoms with Gasteiger partial charge < -0.3 is 15.5 Å². The molecule has 7 heteroatoms. The summed E-state index contributed by atoms with van der Waals surface area (Å²) in [4.78, 5) is 14.7. The molecule has 0 bridgehead atoms. The van der Waals surface area contributed by atoms with Gasteiger partial charge >= 0.3 is 0 Å². The molecule has 0 unspecified atom stereocenters. The first-order valence-electron chi connectivity index (χ1n) is 6.18. The smallest absolute Gasteiger partial charge is 0.231 e. The van der Waals surface area contributed by atoms with Gasteiger partial charge in [0.2, 0.25) is 17.8 Å². The monoisotopic (exact) mass is 292 g/mol. The van der Waals surface area contributed by atoms with Crippen LogP contribution >= 0.6 is 11.6 Å². The largest absolute Gasteiger partial charge is 0.357 e. The van der Waals surface area contributed by atoms with Gasteiger partial charge in [0.15, 0.2) is 0 Å². The summed E-state index contributed by atoms with van der Waals surface area (Å²) in [5, 5.41) is 6.82. The second kappa shape index (κ2) is 6.38. The Morgan fingerprint density at radius 3 is 2.30 bits per heavy atom. The Balaban J connectivity index is 2.12. The maximum Gasteiger partial charge on any atom is 0.231 e. The highest BCUT2D eigenvalue weighted by atomic mass is 35.5. The van der Waals surface area contributed by atoms with E-state index in [1.807, 2.05) is 43.3 Å². The van der Waals surface area contributed by atoms with Crippen LogP contribution in [0.3, 0.4) is 0 Å². The van der Waals surface area contributed by atoms with E-state index in [0.717, 1.165) is 10.6 Å². The van der Waals surface area contributed by atoms with Gasteiger partial charge in [0.25, 0.3) is 0 Å². The lowest BCUT2D eigenvalue weighted by Crippen LogP contribution is -2.16. The van der Waals surface area contributed by atoms with E-state index < -0.39 is 0 Å². The van der Waals surface area contributed by atoms with Gasteiger partial charge in [-0.05, 0) is 17.7 Å². The Bertz CT molecular complexity index is 570. The first kappa shape index (κ1) is 14.3. The fourth-order valence-corrected chi connectivity index (χ4v) is 1.66. The average molecular weight is 293 g/mol. The molecule has 106 valence electrons. The Morgan fingerprint density at radius 1 is 1.05 bits per heavy atom. The van der Waals surface area contributed by atoms with Gasteiger partial charge in [-0.1, -0.05) is 23.7 Å². The predicted molar refractivity (Wildman–Crippen MR) is 82.5 cm³/mol. The third-order valence-electron chi connectivity index (χ3n) is 2.61. The lowest BCUT2D eigenvalue weighted by molar-refractivity contribution is 0.944. The molecule has 2 N–H and O–H groups in total. The van der Waals surface area contributed by atoms with Gasteiger partial charge in [0.05, 0.1) is 0 Å². The highest BCUT2D eigenvalue weighted by Crippen LogP contribution is 2.13. The third kappa shape index (κ3) is 3.71. The molecule has 2 aromatic rings. The van der Waals surface area contributed by atoms with Crippen molar-refractivity contribution < 1.29 is 0 Å². The second-order valence-corrected chi connectivity index (χ2v) is 4.84. The van der Waals surface area contributed by atoms with E-state index in [1.165, 1.54) is 0 Å². The molecule has 0 saturated carbocycles. The van der Waals surface area contributed by atoms with Gasteiger partial charge in [-0.3, -0.25) is 0 Å². The number of rotatable bonds is 5. The maximum absolute atomic E-state index is 5.86. The van der Waals surface area contributed by atoms with Gasteiger partial charge in [-0.25, -0.2) is 0 Å². The molecule has 6 nitrogen and oxygen atoms in total. The summed E-state index contributed by atoms with van der Waals surface area (Å²) in [7, 11) is 5.55. The van der Waals surface area contributed by atoms with Gasteiger partial charge in [0, 0.05) is 32.7 Å². The van der Waals surface area contributed by atoms with E-state index >= 15 is 0 Å². The quantitative estimate of drug-likeness (QED) is 0.881. The van der Waals surface area contributed by atoms with Crippen molar-refractivity contribution in [3.63, 3.8) is 0 Å². The number of nitrogens with zero attached hydrogens (tertiary/aromatic N) is 4. The number of hydrogen-bond acceptors (Lipinski definition) is 6. The fraction of sp³-hybridized carbons (Fsp3) is 0.308. The fourth-order valence-electron chi connectivity index (χ4n) is 1.54. The molecule has 0 spiro atoms. The average Bonchev–Trinajstić information content (AvgIpc) is 2.46. The molecule has 1 heterocycles. The van der Waals surface area contributed by atoms with Crippen molar-refractivity contribution in [1.29, 1.82) is 0 Å². The van der Waals surface area contributed by atoms with Crippen LogP contribution in [0.15, 0.2) is 24.3 Å². The summed E-state index contributed by atoms with van der Waals surface area (Å²) in [5.74, 6) is 1.66. The normalized spacial score (nSPS) is 10.2. The highest BCUT2D eigenvalue weighted by Gasteiger charge is 2.06. The zero-order chi connectivity index (χ0) is 14.5. The number of halogens is 1. The van der Waals surface area contributed by atoms with Crippen LogP contribution in [0.4, 0.5) is 17.8 Å². The van der Waals surface area contributed by atoms with Crippen LogP contribution in [0, 0.1) is 0 Å². The van der Waals surface area contributed by atoms with Crippen molar-refractivity contribution in [1.82, 2.24) is 15.0 Å². The Kier molecular flexibility index (Phi) is 4.57. The number of aromatic nitrogens is 3. The minimum absolute atomic E-state index is 0.530. The molecule has 0 aliphatic carbocycles. The van der Waals surface area contributed by atoms with Crippen LogP contribution in [0.1, 0.15) is 5.56 Å². The van der Waals surface area contributed by atoms with E-state index in [0.29, 0.717) is 24.4 Å². The van der Waals surface area contributed by atoms with Crippen molar-refractivity contribution >= 4 is 29.4 Å². The molecular formula is C13H17ClN6. The molecular weight excluding hydrogens is 276 g/mol. The van der Waals surface area contributed by atoms with Crippen LogP contribution in [-0.4, -0.2) is 36.1 Å². The van der Waals surface area contributed by atoms with Crippen LogP contribution in [-0.2, 0) is 6.54 Å². The van der Waals surface area contributed by atoms with E-state index in [9.17, 15) is 0 Å². The van der Waals surface area contributed by atoms with Crippen molar-refractivity contribution in [2.45, 2.75) is 6.54 Å². The van der Waals surface area contributed by atoms with Gasteiger partial charge in [0.1, 0.15) is 0 Å². The van der Waals surface area contributed by atoms with Crippen LogP contribution in [0.5, 0.6) is 0 Å². The number of nitrogens with one attached hydrogen (secondary N) is 2. The van der Waals surface area contributed by atoms with Gasteiger partial charge in [-0.15, -0.1) is 0 Å². The minimum Gasteiger partial charge on any atom is -0.357 e. The second-order valence-electron chi connectivity index (χ2n) is 4.41. The van der Waals surface area contributed by atoms with Crippen molar-refractivity contribution in [2.75, 3.05) is 36.7 Å². The predicted octanol–water partition coefficient (Wildman–Crippen LogP) is 2.24. The summed E-state index contributed by atoms with van der Waals surface area (Å²) < 4.78 is 0. The zero-order valence-corrected chi connectivity index (χ0v) is 12.4. The summed E-state index contributed by atoms with van der Waals surface area (Å²) in [6.45, 7) is 0.622. The molecule has 0 radical (unpaired) electrons. The van der Waals surface area contributed by atoms with E-state index in [1.54, 1.807) is 7.05 Å². The summed E-state index contributed by atoms with van der Waals surface area (Å²) in [6.07, 6.45) is 0. The molecule has 20 heavy (non-hydrogen) atoms. The number of anilines is 3. The molecule has 0 fully saturated rings. The minimum atomic E-state index is 0.530. The molecule has 2 rings (SSSR count). The number of hydrogen-bond donors (Lipinski definition) is 2. The lowest BCUT2D eigenvalue weighted by Gasteiger charge is -2.13. The molecule has 0 aliphatic heterocycles. The highest BCUT2D eigenvalue weighted by molar-refractivity contribution is 6.30. The van der Waals surface area contributed by atoms with Crippen molar-refractivity contribution in [3.05, 3.63) is 34.9 Å². The van der Waals surface area contributed by atoms with E-state index in [2.05, 4.69) is 25.6 Å². The molecule has 0 saturated heterocycles. The zero-order valence-electron chi connectivity index (χ0n) is 11.7. The summed E-state index contributed by atoms with van der Waals surface area (Å²) >= 11 is 5.86. The molecule has 0 amide bonds. The Labute approximate surface area is 123 Å². The van der Waals surface area contributed by atoms with E-state index in [-0.39, 0.29) is 0 Å². The van der Waals surface area contributed by atoms with Crippen LogP contribution in [0.25, 0.3) is 0 Å². The molecule has 1 aromatic carbocycles. The van der Waals surface area contributed by atoms with Crippen molar-refractivity contribution in [3.8, 4) is 0 Å². The van der Waals surface area contributed by atoms with Crippen LogP contribution in [0.2, 0.25) is 5.02 Å². The lowest BCUT2D eigenvalue weighted by atomic mass is 10.2.